The van der Waals surface area contributed by atoms with Gasteiger partial charge in [0, 0.05) is 12.4 Å². The van der Waals surface area contributed by atoms with Crippen LogP contribution in [0.4, 0.5) is 0 Å². The van der Waals surface area contributed by atoms with Crippen molar-refractivity contribution in [3.8, 4) is 0 Å². The van der Waals surface area contributed by atoms with E-state index in [0.29, 0.717) is 10.4 Å². The van der Waals surface area contributed by atoms with Gasteiger partial charge >= 0.3 is 0 Å². The Hall–Kier alpha value is -0.940. The second kappa shape index (κ2) is 6.53. The maximum atomic E-state index is 4.93. The van der Waals surface area contributed by atoms with E-state index < -0.39 is 0 Å². The number of hydrogen-bond acceptors (Lipinski definition) is 2. The summed E-state index contributed by atoms with van der Waals surface area (Å²) in [6.45, 7) is 0. The van der Waals surface area contributed by atoms with Crippen molar-refractivity contribution >= 4 is 39.0 Å². The summed E-state index contributed by atoms with van der Waals surface area (Å²) in [6.07, 6.45) is 0. The molecule has 0 saturated carbocycles. The van der Waals surface area contributed by atoms with Crippen molar-refractivity contribution in [2.75, 3.05) is 12.4 Å². The third-order valence-corrected chi connectivity index (χ3v) is 2.58. The lowest BCUT2D eigenvalue weighted by Crippen LogP contribution is -2.29. The van der Waals surface area contributed by atoms with E-state index in [1.807, 2.05) is 30.3 Å². The SMILES string of the molecule is CNC(=S)N/N=C(\CBr)c1ccccc1. The van der Waals surface area contributed by atoms with Gasteiger partial charge in [-0.15, -0.1) is 0 Å². The van der Waals surface area contributed by atoms with Crippen molar-refractivity contribution in [1.29, 1.82) is 0 Å². The molecule has 1 aromatic carbocycles. The molecule has 0 unspecified atom stereocenters. The predicted octanol–water partition coefficient (Wildman–Crippen LogP) is 1.88. The van der Waals surface area contributed by atoms with Crippen LogP contribution in [-0.2, 0) is 0 Å². The Kier molecular flexibility index (Phi) is 5.28. The number of benzene rings is 1. The van der Waals surface area contributed by atoms with Gasteiger partial charge in [0.1, 0.15) is 0 Å². The van der Waals surface area contributed by atoms with E-state index in [2.05, 4.69) is 31.8 Å². The zero-order chi connectivity index (χ0) is 11.1. The van der Waals surface area contributed by atoms with Crippen molar-refractivity contribution in [2.24, 2.45) is 5.10 Å². The highest BCUT2D eigenvalue weighted by Gasteiger charge is 2.00. The van der Waals surface area contributed by atoms with E-state index in [1.165, 1.54) is 0 Å². The van der Waals surface area contributed by atoms with E-state index in [0.717, 1.165) is 11.3 Å². The van der Waals surface area contributed by atoms with Gasteiger partial charge in [0.05, 0.1) is 5.71 Å². The Labute approximate surface area is 103 Å². The number of hydrogen-bond donors (Lipinski definition) is 2. The molecule has 3 nitrogen and oxygen atoms in total. The van der Waals surface area contributed by atoms with Crippen LogP contribution in [0.3, 0.4) is 0 Å². The lowest BCUT2D eigenvalue weighted by Gasteiger charge is -2.05. The van der Waals surface area contributed by atoms with Gasteiger partial charge in [-0.05, 0) is 17.8 Å². The van der Waals surface area contributed by atoms with E-state index in [9.17, 15) is 0 Å². The highest BCUT2D eigenvalue weighted by atomic mass is 79.9. The zero-order valence-electron chi connectivity index (χ0n) is 8.33. The number of hydrazone groups is 1. The van der Waals surface area contributed by atoms with Crippen molar-refractivity contribution in [3.05, 3.63) is 35.9 Å². The Bertz CT molecular complexity index is 351. The Morgan fingerprint density at radius 2 is 2.07 bits per heavy atom. The topological polar surface area (TPSA) is 36.4 Å². The first-order valence-electron chi connectivity index (χ1n) is 4.43. The number of halogens is 1. The molecule has 80 valence electrons. The molecule has 0 bridgehead atoms. The van der Waals surface area contributed by atoms with Gasteiger partial charge in [-0.1, -0.05) is 46.3 Å². The second-order valence-electron chi connectivity index (χ2n) is 2.75. The molecular formula is C10H12BrN3S. The van der Waals surface area contributed by atoms with Gasteiger partial charge in [0.25, 0.3) is 0 Å². The number of alkyl halides is 1. The molecule has 0 aliphatic carbocycles. The number of rotatable bonds is 3. The lowest BCUT2D eigenvalue weighted by atomic mass is 10.1. The lowest BCUT2D eigenvalue weighted by molar-refractivity contribution is 0.974. The normalized spacial score (nSPS) is 10.9. The van der Waals surface area contributed by atoms with Crippen LogP contribution >= 0.6 is 28.1 Å². The summed E-state index contributed by atoms with van der Waals surface area (Å²) in [5, 5.41) is 8.17. The van der Waals surface area contributed by atoms with Gasteiger partial charge in [-0.3, -0.25) is 5.43 Å². The molecule has 0 aromatic heterocycles. The molecule has 0 fully saturated rings. The van der Waals surface area contributed by atoms with Crippen LogP contribution in [0.5, 0.6) is 0 Å². The average molecular weight is 286 g/mol. The molecule has 0 atom stereocenters. The standard InChI is InChI=1S/C10H12BrN3S/c1-12-10(15)14-13-9(7-11)8-5-3-2-4-6-8/h2-6H,7H2,1H3,(H2,12,14,15)/b13-9+. The fourth-order valence-electron chi connectivity index (χ4n) is 0.976. The van der Waals surface area contributed by atoms with Crippen molar-refractivity contribution in [2.45, 2.75) is 0 Å². The third-order valence-electron chi connectivity index (χ3n) is 1.75. The van der Waals surface area contributed by atoms with Crippen LogP contribution in [-0.4, -0.2) is 23.2 Å². The van der Waals surface area contributed by atoms with Crippen LogP contribution in [0.1, 0.15) is 5.56 Å². The van der Waals surface area contributed by atoms with Crippen molar-refractivity contribution in [1.82, 2.24) is 10.7 Å². The molecule has 0 spiro atoms. The molecule has 0 aliphatic rings. The summed E-state index contributed by atoms with van der Waals surface area (Å²) in [5.74, 6) is 0. The first kappa shape index (κ1) is 12.1. The summed E-state index contributed by atoms with van der Waals surface area (Å²) in [5.41, 5.74) is 4.74. The molecule has 0 saturated heterocycles. The summed E-state index contributed by atoms with van der Waals surface area (Å²) >= 11 is 8.32. The second-order valence-corrected chi connectivity index (χ2v) is 3.72. The summed E-state index contributed by atoms with van der Waals surface area (Å²) in [6, 6.07) is 9.93. The first-order chi connectivity index (χ1) is 7.27. The summed E-state index contributed by atoms with van der Waals surface area (Å²) < 4.78 is 0. The van der Waals surface area contributed by atoms with E-state index in [4.69, 9.17) is 12.2 Å². The number of nitrogens with zero attached hydrogens (tertiary/aromatic N) is 1. The van der Waals surface area contributed by atoms with Crippen molar-refractivity contribution < 1.29 is 0 Å². The quantitative estimate of drug-likeness (QED) is 0.385. The Morgan fingerprint density at radius 3 is 2.60 bits per heavy atom. The minimum atomic E-state index is 0.504. The van der Waals surface area contributed by atoms with Crippen LogP contribution in [0, 0.1) is 0 Å². The van der Waals surface area contributed by atoms with Crippen LogP contribution < -0.4 is 10.7 Å². The molecule has 15 heavy (non-hydrogen) atoms. The molecule has 0 radical (unpaired) electrons. The Balaban J connectivity index is 2.76. The van der Waals surface area contributed by atoms with Crippen LogP contribution in [0.25, 0.3) is 0 Å². The maximum Gasteiger partial charge on any atom is 0.186 e. The average Bonchev–Trinajstić information content (AvgIpc) is 2.31. The maximum absolute atomic E-state index is 4.93. The van der Waals surface area contributed by atoms with Crippen molar-refractivity contribution in [3.63, 3.8) is 0 Å². The third kappa shape index (κ3) is 3.97. The van der Waals surface area contributed by atoms with E-state index in [1.54, 1.807) is 7.05 Å². The van der Waals surface area contributed by atoms with Gasteiger partial charge in [0.15, 0.2) is 5.11 Å². The molecule has 0 amide bonds. The highest BCUT2D eigenvalue weighted by Crippen LogP contribution is 2.03. The Morgan fingerprint density at radius 1 is 1.40 bits per heavy atom. The summed E-state index contributed by atoms with van der Waals surface area (Å²) in [7, 11) is 1.75. The fourth-order valence-corrected chi connectivity index (χ4v) is 1.47. The van der Waals surface area contributed by atoms with Gasteiger partial charge in [0.2, 0.25) is 0 Å². The molecular weight excluding hydrogens is 274 g/mol. The molecule has 0 heterocycles. The fraction of sp³-hybridized carbons (Fsp3) is 0.200. The first-order valence-corrected chi connectivity index (χ1v) is 5.96. The highest BCUT2D eigenvalue weighted by molar-refractivity contribution is 9.09. The van der Waals surface area contributed by atoms with E-state index in [-0.39, 0.29) is 0 Å². The minimum absolute atomic E-state index is 0.504. The van der Waals surface area contributed by atoms with Gasteiger partial charge in [-0.25, -0.2) is 0 Å². The molecule has 1 aromatic rings. The van der Waals surface area contributed by atoms with Crippen LogP contribution in [0.2, 0.25) is 0 Å². The minimum Gasteiger partial charge on any atom is -0.364 e. The molecule has 5 heteroatoms. The largest absolute Gasteiger partial charge is 0.364 e. The van der Waals surface area contributed by atoms with E-state index >= 15 is 0 Å². The van der Waals surface area contributed by atoms with Gasteiger partial charge in [-0.2, -0.15) is 5.10 Å². The number of nitrogens with one attached hydrogen (secondary N) is 2. The molecule has 1 rings (SSSR count). The van der Waals surface area contributed by atoms with Crippen LogP contribution in [0.15, 0.2) is 35.4 Å². The smallest absolute Gasteiger partial charge is 0.186 e. The molecule has 2 N–H and O–H groups in total. The monoisotopic (exact) mass is 285 g/mol. The zero-order valence-corrected chi connectivity index (χ0v) is 10.7. The molecule has 0 aliphatic heterocycles. The van der Waals surface area contributed by atoms with Gasteiger partial charge < -0.3 is 5.32 Å². The predicted molar refractivity (Wildman–Crippen MR) is 71.6 cm³/mol. The number of thiocarbonyl (C=S) groups is 1. The summed E-state index contributed by atoms with van der Waals surface area (Å²) in [4.78, 5) is 0.